The van der Waals surface area contributed by atoms with Gasteiger partial charge in [-0.1, -0.05) is 0 Å². The lowest BCUT2D eigenvalue weighted by atomic mass is 9.90. The van der Waals surface area contributed by atoms with Crippen LogP contribution < -0.4 is 10.2 Å². The van der Waals surface area contributed by atoms with Crippen molar-refractivity contribution >= 4 is 28.0 Å². The smallest absolute Gasteiger partial charge is 0.192 e. The Morgan fingerprint density at radius 1 is 1.06 bits per heavy atom. The molecule has 2 fully saturated rings. The summed E-state index contributed by atoms with van der Waals surface area (Å²) in [5.74, 6) is 1.65. The molecule has 8 heteroatoms. The van der Waals surface area contributed by atoms with Crippen LogP contribution in [0, 0.1) is 13.8 Å². The predicted molar refractivity (Wildman–Crippen MR) is 125 cm³/mol. The first-order valence-electron chi connectivity index (χ1n) is 11.5. The summed E-state index contributed by atoms with van der Waals surface area (Å²) in [7, 11) is 0. The highest BCUT2D eigenvalue weighted by molar-refractivity contribution is 5.89. The Bertz CT molecular complexity index is 1360. The molecule has 1 saturated heterocycles. The van der Waals surface area contributed by atoms with Crippen molar-refractivity contribution in [1.29, 1.82) is 0 Å². The average Bonchev–Trinajstić information content (AvgIpc) is 3.41. The molecule has 2 N–H and O–H groups in total. The van der Waals surface area contributed by atoms with Gasteiger partial charge >= 0.3 is 0 Å². The number of phenolic OH excluding ortho intramolecular Hbond substituents is 1. The zero-order valence-electron chi connectivity index (χ0n) is 18.7. The van der Waals surface area contributed by atoms with Crippen LogP contribution in [0.4, 0.5) is 10.2 Å². The van der Waals surface area contributed by atoms with E-state index in [0.29, 0.717) is 58.7 Å². The van der Waals surface area contributed by atoms with Crippen molar-refractivity contribution in [2.24, 2.45) is 0 Å². The molecule has 1 aliphatic heterocycles. The average molecular weight is 448 g/mol. The molecule has 1 atom stereocenters. The monoisotopic (exact) mass is 447 g/mol. The maximum absolute atomic E-state index is 13.1. The molecule has 0 radical (unpaired) electrons. The number of hydrogen-bond donors (Lipinski definition) is 2. The van der Waals surface area contributed by atoms with Crippen molar-refractivity contribution in [1.82, 2.24) is 20.3 Å². The lowest BCUT2D eigenvalue weighted by molar-refractivity contribution is 0.148. The SMILES string of the molecule is Cc1nc2c(C)c(O)c(-c3ccc4nc(N5CC[C@@H](N[C@H]6C[C@H](F)C6)C5)ccc4n3)cc2o1. The summed E-state index contributed by atoms with van der Waals surface area (Å²) in [6, 6.07) is 10.3. The number of alkyl halides is 1. The van der Waals surface area contributed by atoms with Gasteiger partial charge < -0.3 is 19.7 Å². The predicted octanol–water partition coefficient (Wildman–Crippen LogP) is 4.43. The number of fused-ring (bicyclic) bond motifs is 2. The van der Waals surface area contributed by atoms with E-state index < -0.39 is 6.17 Å². The Morgan fingerprint density at radius 3 is 2.67 bits per heavy atom. The molecule has 2 aliphatic rings. The van der Waals surface area contributed by atoms with Gasteiger partial charge in [0.15, 0.2) is 11.5 Å². The lowest BCUT2D eigenvalue weighted by Gasteiger charge is -2.33. The van der Waals surface area contributed by atoms with Gasteiger partial charge in [0, 0.05) is 43.2 Å². The number of phenols is 1. The highest BCUT2D eigenvalue weighted by Crippen LogP contribution is 2.37. The van der Waals surface area contributed by atoms with E-state index in [-0.39, 0.29) is 5.75 Å². The van der Waals surface area contributed by atoms with Crippen molar-refractivity contribution in [2.45, 2.75) is 51.4 Å². The van der Waals surface area contributed by atoms with E-state index in [1.165, 1.54) is 0 Å². The lowest BCUT2D eigenvalue weighted by Crippen LogP contribution is -2.48. The molecule has 33 heavy (non-hydrogen) atoms. The van der Waals surface area contributed by atoms with E-state index in [2.05, 4.69) is 15.2 Å². The van der Waals surface area contributed by atoms with Crippen LogP contribution >= 0.6 is 0 Å². The van der Waals surface area contributed by atoms with E-state index in [1.54, 1.807) is 13.0 Å². The van der Waals surface area contributed by atoms with Crippen molar-refractivity contribution in [3.8, 4) is 17.0 Å². The van der Waals surface area contributed by atoms with Crippen molar-refractivity contribution in [3.05, 3.63) is 41.8 Å². The molecule has 1 aliphatic carbocycles. The third-order valence-corrected chi connectivity index (χ3v) is 6.87. The molecule has 4 heterocycles. The molecule has 1 saturated carbocycles. The summed E-state index contributed by atoms with van der Waals surface area (Å²) < 4.78 is 18.8. The maximum atomic E-state index is 13.1. The van der Waals surface area contributed by atoms with Crippen LogP contribution in [0.15, 0.2) is 34.7 Å². The summed E-state index contributed by atoms with van der Waals surface area (Å²) in [6.45, 7) is 5.43. The van der Waals surface area contributed by atoms with Crippen molar-refractivity contribution in [3.63, 3.8) is 0 Å². The van der Waals surface area contributed by atoms with Gasteiger partial charge in [-0.05, 0) is 56.5 Å². The molecule has 0 unspecified atom stereocenters. The zero-order valence-corrected chi connectivity index (χ0v) is 18.7. The summed E-state index contributed by atoms with van der Waals surface area (Å²) in [6.07, 6.45) is 1.67. The molecule has 7 nitrogen and oxygen atoms in total. The summed E-state index contributed by atoms with van der Waals surface area (Å²) in [5.41, 5.74) is 4.82. The van der Waals surface area contributed by atoms with E-state index in [0.717, 1.165) is 36.4 Å². The Kier molecular flexibility index (Phi) is 4.72. The van der Waals surface area contributed by atoms with E-state index >= 15 is 0 Å². The maximum Gasteiger partial charge on any atom is 0.192 e. The highest BCUT2D eigenvalue weighted by atomic mass is 19.1. The largest absolute Gasteiger partial charge is 0.507 e. The number of rotatable bonds is 4. The fourth-order valence-electron chi connectivity index (χ4n) is 4.97. The zero-order chi connectivity index (χ0) is 22.7. The molecule has 0 amide bonds. The van der Waals surface area contributed by atoms with E-state index in [4.69, 9.17) is 14.4 Å². The molecule has 6 rings (SSSR count). The number of aryl methyl sites for hydroxylation is 2. The normalized spacial score (nSPS) is 22.9. The summed E-state index contributed by atoms with van der Waals surface area (Å²) in [5, 5.41) is 14.3. The molecular weight excluding hydrogens is 421 g/mol. The number of oxazole rings is 1. The number of nitrogens with one attached hydrogen (secondary N) is 1. The number of nitrogens with zero attached hydrogens (tertiary/aromatic N) is 4. The number of aromatic hydroxyl groups is 1. The third-order valence-electron chi connectivity index (χ3n) is 6.87. The third kappa shape index (κ3) is 3.58. The van der Waals surface area contributed by atoms with Gasteiger partial charge in [0.05, 0.1) is 16.7 Å². The van der Waals surface area contributed by atoms with Gasteiger partial charge in [0.2, 0.25) is 0 Å². The molecule has 3 aromatic heterocycles. The Morgan fingerprint density at radius 2 is 1.85 bits per heavy atom. The second kappa shape index (κ2) is 7.66. The number of hydrogen-bond acceptors (Lipinski definition) is 7. The Hall–Kier alpha value is -3.26. The van der Waals surface area contributed by atoms with E-state index in [9.17, 15) is 9.50 Å². The highest BCUT2D eigenvalue weighted by Gasteiger charge is 2.33. The van der Waals surface area contributed by atoms with Crippen LogP contribution in [0.1, 0.15) is 30.7 Å². The topological polar surface area (TPSA) is 87.3 Å². The van der Waals surface area contributed by atoms with Crippen molar-refractivity contribution < 1.29 is 13.9 Å². The molecule has 1 aromatic carbocycles. The van der Waals surface area contributed by atoms with Crippen LogP contribution in [0.3, 0.4) is 0 Å². The number of anilines is 1. The van der Waals surface area contributed by atoms with E-state index in [1.807, 2.05) is 31.2 Å². The molecule has 0 spiro atoms. The van der Waals surface area contributed by atoms with Crippen molar-refractivity contribution in [2.75, 3.05) is 18.0 Å². The number of halogens is 1. The van der Waals surface area contributed by atoms with Gasteiger partial charge in [-0.3, -0.25) is 0 Å². The Labute approximate surface area is 190 Å². The number of aromatic nitrogens is 3. The molecular formula is C25H26FN5O2. The summed E-state index contributed by atoms with van der Waals surface area (Å²) in [4.78, 5) is 16.2. The standard InChI is InChI=1S/C25H26FN5O2/c1-13-24-22(33-14(2)27-24)11-18(25(13)32)19-3-4-21-20(29-19)5-6-23(30-21)31-8-7-16(12-31)28-17-9-15(26)10-17/h3-6,11,15-17,28,32H,7-10,12H2,1-2H3/t15-,16-,17-/m1/s1. The van der Waals surface area contributed by atoms with Crippen LogP contribution in [-0.4, -0.2) is 51.4 Å². The van der Waals surface area contributed by atoms with Gasteiger partial charge in [0.1, 0.15) is 23.3 Å². The molecule has 170 valence electrons. The minimum Gasteiger partial charge on any atom is -0.507 e. The van der Waals surface area contributed by atoms with Crippen LogP contribution in [-0.2, 0) is 0 Å². The van der Waals surface area contributed by atoms with Gasteiger partial charge in [-0.25, -0.2) is 19.3 Å². The van der Waals surface area contributed by atoms with Crippen LogP contribution in [0.5, 0.6) is 5.75 Å². The first kappa shape index (κ1) is 20.4. The quantitative estimate of drug-likeness (QED) is 0.479. The molecule has 0 bridgehead atoms. The second-order valence-corrected chi connectivity index (χ2v) is 9.25. The number of pyridine rings is 2. The summed E-state index contributed by atoms with van der Waals surface area (Å²) >= 11 is 0. The fourth-order valence-corrected chi connectivity index (χ4v) is 4.97. The molecule has 4 aromatic rings. The van der Waals surface area contributed by atoms with Crippen LogP contribution in [0.25, 0.3) is 33.4 Å². The first-order valence-corrected chi connectivity index (χ1v) is 11.5. The Balaban J connectivity index is 1.26. The van der Waals surface area contributed by atoms with Gasteiger partial charge in [0.25, 0.3) is 0 Å². The first-order chi connectivity index (χ1) is 15.9. The minimum absolute atomic E-state index is 0.161. The van der Waals surface area contributed by atoms with Gasteiger partial charge in [-0.15, -0.1) is 0 Å². The fraction of sp³-hybridized carbons (Fsp3) is 0.400. The second-order valence-electron chi connectivity index (χ2n) is 9.25. The number of benzene rings is 1. The minimum atomic E-state index is -0.632. The van der Waals surface area contributed by atoms with Crippen LogP contribution in [0.2, 0.25) is 0 Å². The van der Waals surface area contributed by atoms with Gasteiger partial charge in [-0.2, -0.15) is 0 Å².